The van der Waals surface area contributed by atoms with Gasteiger partial charge in [0, 0.05) is 5.19 Å². The highest BCUT2D eigenvalue weighted by Gasteiger charge is 2.37. The Bertz CT molecular complexity index is 583. The molecule has 0 aromatic heterocycles. The molecule has 0 fully saturated rings. The Morgan fingerprint density at radius 3 is 1.84 bits per heavy atom. The minimum Gasteiger partial charge on any atom is -0.404 e. The van der Waals surface area contributed by atoms with Crippen LogP contribution in [-0.2, 0) is 0 Å². The van der Waals surface area contributed by atoms with Gasteiger partial charge in [-0.25, -0.2) is 4.39 Å². The minimum atomic E-state index is -3.76. The van der Waals surface area contributed by atoms with E-state index >= 15 is 0 Å². The van der Waals surface area contributed by atoms with E-state index in [-0.39, 0.29) is 5.82 Å². The highest BCUT2D eigenvalue weighted by Crippen LogP contribution is 2.11. The Morgan fingerprint density at radius 2 is 1.37 bits per heavy atom. The monoisotopic (exact) mass is 276 g/mol. The molecule has 0 atom stereocenters. The normalized spacial score (nSPS) is 11.7. The van der Waals surface area contributed by atoms with Crippen molar-refractivity contribution < 1.29 is 14.0 Å². The summed E-state index contributed by atoms with van der Waals surface area (Å²) in [6, 6.07) is 9.26. The first kappa shape index (κ1) is 13.9. The van der Waals surface area contributed by atoms with Gasteiger partial charge in [0.15, 0.2) is 0 Å². The van der Waals surface area contributed by atoms with E-state index < -0.39 is 8.56 Å². The molecule has 0 amide bonds. The average Bonchev–Trinajstić information content (AvgIpc) is 2.27. The van der Waals surface area contributed by atoms with Gasteiger partial charge in [-0.3, -0.25) is 0 Å². The van der Waals surface area contributed by atoms with Gasteiger partial charge in [0.05, 0.1) is 0 Å². The Morgan fingerprint density at radius 1 is 0.895 bits per heavy atom. The number of benzene rings is 2. The first-order valence-corrected chi connectivity index (χ1v) is 8.01. The lowest BCUT2D eigenvalue weighted by atomic mass is 10.1. The summed E-state index contributed by atoms with van der Waals surface area (Å²) in [4.78, 5) is 21.1. The minimum absolute atomic E-state index is 0.383. The van der Waals surface area contributed by atoms with Crippen molar-refractivity contribution >= 4 is 18.9 Å². The first-order chi connectivity index (χ1) is 8.82. The number of hydrogen-bond donors (Lipinski definition) is 2. The van der Waals surface area contributed by atoms with Crippen molar-refractivity contribution in [2.75, 3.05) is 0 Å². The van der Waals surface area contributed by atoms with E-state index in [9.17, 15) is 14.0 Å². The smallest absolute Gasteiger partial charge is 0.402 e. The molecule has 19 heavy (non-hydrogen) atoms. The van der Waals surface area contributed by atoms with E-state index in [0.29, 0.717) is 10.4 Å². The van der Waals surface area contributed by atoms with Crippen LogP contribution in [0.3, 0.4) is 0 Å². The molecule has 0 saturated heterocycles. The molecular formula is C15H17FO2Si. The summed E-state index contributed by atoms with van der Waals surface area (Å²) in [6.45, 7) is 5.71. The number of halogens is 1. The zero-order valence-electron chi connectivity index (χ0n) is 11.2. The van der Waals surface area contributed by atoms with Crippen LogP contribution in [0.15, 0.2) is 36.4 Å². The molecule has 0 heterocycles. The maximum Gasteiger partial charge on any atom is 0.402 e. The summed E-state index contributed by atoms with van der Waals surface area (Å²) < 4.78 is 12.9. The zero-order chi connectivity index (χ0) is 14.2. The van der Waals surface area contributed by atoms with Crippen LogP contribution in [-0.4, -0.2) is 18.2 Å². The molecule has 0 aliphatic rings. The van der Waals surface area contributed by atoms with E-state index in [4.69, 9.17) is 0 Å². The lowest BCUT2D eigenvalue weighted by molar-refractivity contribution is 0.401. The standard InChI is InChI=1S/C15H17FO2Si/c1-10-8-11(2)15(12(3)9-10)19(17,18)14-6-4-13(16)5-7-14/h4-9,17-18H,1-3H3. The number of rotatable bonds is 2. The SMILES string of the molecule is Cc1cc(C)c([Si](O)(O)c2ccc(F)cc2)c(C)c1. The molecule has 0 aliphatic carbocycles. The highest BCUT2D eigenvalue weighted by molar-refractivity contribution is 6.91. The van der Waals surface area contributed by atoms with E-state index in [2.05, 4.69) is 0 Å². The largest absolute Gasteiger partial charge is 0.404 e. The van der Waals surface area contributed by atoms with Crippen LogP contribution >= 0.6 is 0 Å². The van der Waals surface area contributed by atoms with Crippen molar-refractivity contribution in [2.24, 2.45) is 0 Å². The van der Waals surface area contributed by atoms with Gasteiger partial charge in [0.1, 0.15) is 5.82 Å². The number of hydrogen-bond acceptors (Lipinski definition) is 2. The molecule has 0 saturated carbocycles. The lowest BCUT2D eigenvalue weighted by Gasteiger charge is -2.23. The van der Waals surface area contributed by atoms with Gasteiger partial charge in [-0.05, 0) is 49.2 Å². The van der Waals surface area contributed by atoms with Crippen LogP contribution in [0.25, 0.3) is 0 Å². The van der Waals surface area contributed by atoms with Crippen molar-refractivity contribution in [3.63, 3.8) is 0 Å². The average molecular weight is 276 g/mol. The van der Waals surface area contributed by atoms with Gasteiger partial charge in [-0.1, -0.05) is 29.8 Å². The molecule has 2 rings (SSSR count). The summed E-state index contributed by atoms with van der Waals surface area (Å²) >= 11 is 0. The molecule has 0 unspecified atom stereocenters. The van der Waals surface area contributed by atoms with Crippen molar-refractivity contribution in [1.82, 2.24) is 0 Å². The van der Waals surface area contributed by atoms with E-state index in [1.54, 1.807) is 0 Å². The van der Waals surface area contributed by atoms with E-state index in [0.717, 1.165) is 16.7 Å². The second kappa shape index (κ2) is 4.88. The zero-order valence-corrected chi connectivity index (χ0v) is 12.2. The Kier molecular flexibility index (Phi) is 3.58. The Hall–Kier alpha value is -1.49. The summed E-state index contributed by atoms with van der Waals surface area (Å²) in [5.41, 5.74) is 2.81. The molecular weight excluding hydrogens is 259 g/mol. The molecule has 2 N–H and O–H groups in total. The van der Waals surface area contributed by atoms with Crippen LogP contribution in [0.4, 0.5) is 4.39 Å². The summed E-state index contributed by atoms with van der Waals surface area (Å²) in [6.07, 6.45) is 0. The highest BCUT2D eigenvalue weighted by atomic mass is 28.4. The summed E-state index contributed by atoms with van der Waals surface area (Å²) in [7, 11) is -3.76. The van der Waals surface area contributed by atoms with Gasteiger partial charge in [-0.15, -0.1) is 0 Å². The molecule has 0 bridgehead atoms. The third kappa shape index (κ3) is 2.61. The fourth-order valence-electron chi connectivity index (χ4n) is 2.56. The molecule has 0 spiro atoms. The Labute approximate surface area is 113 Å². The van der Waals surface area contributed by atoms with Crippen molar-refractivity contribution in [2.45, 2.75) is 20.8 Å². The molecule has 2 aromatic carbocycles. The van der Waals surface area contributed by atoms with Crippen LogP contribution in [0.2, 0.25) is 0 Å². The molecule has 0 radical (unpaired) electrons. The van der Waals surface area contributed by atoms with Gasteiger partial charge in [0.2, 0.25) is 0 Å². The maximum absolute atomic E-state index is 12.9. The molecule has 100 valence electrons. The van der Waals surface area contributed by atoms with E-state index in [1.807, 2.05) is 32.9 Å². The van der Waals surface area contributed by atoms with E-state index in [1.165, 1.54) is 24.3 Å². The fraction of sp³-hybridized carbons (Fsp3) is 0.200. The van der Waals surface area contributed by atoms with Crippen molar-refractivity contribution in [3.05, 3.63) is 58.9 Å². The summed E-state index contributed by atoms with van der Waals surface area (Å²) in [5, 5.41) is 0.980. The van der Waals surface area contributed by atoms with Gasteiger partial charge in [0.25, 0.3) is 0 Å². The van der Waals surface area contributed by atoms with Crippen molar-refractivity contribution in [1.29, 1.82) is 0 Å². The molecule has 4 heteroatoms. The van der Waals surface area contributed by atoms with Gasteiger partial charge < -0.3 is 9.59 Å². The van der Waals surface area contributed by atoms with Gasteiger partial charge in [-0.2, -0.15) is 0 Å². The van der Waals surface area contributed by atoms with Crippen LogP contribution < -0.4 is 10.4 Å². The maximum atomic E-state index is 12.9. The quantitative estimate of drug-likeness (QED) is 0.812. The molecule has 2 nitrogen and oxygen atoms in total. The fourth-order valence-corrected chi connectivity index (χ4v) is 4.72. The van der Waals surface area contributed by atoms with Crippen LogP contribution in [0, 0.1) is 26.6 Å². The first-order valence-electron chi connectivity index (χ1n) is 6.11. The predicted molar refractivity (Wildman–Crippen MR) is 76.5 cm³/mol. The van der Waals surface area contributed by atoms with Crippen molar-refractivity contribution in [3.8, 4) is 0 Å². The number of aryl methyl sites for hydroxylation is 3. The third-order valence-corrected chi connectivity index (χ3v) is 5.90. The van der Waals surface area contributed by atoms with Crippen LogP contribution in [0.1, 0.15) is 16.7 Å². The predicted octanol–water partition coefficient (Wildman–Crippen LogP) is 1.29. The van der Waals surface area contributed by atoms with Gasteiger partial charge >= 0.3 is 8.56 Å². The second-order valence-electron chi connectivity index (χ2n) is 4.95. The topological polar surface area (TPSA) is 40.5 Å². The summed E-state index contributed by atoms with van der Waals surface area (Å²) in [5.74, 6) is -0.383. The molecule has 0 aliphatic heterocycles. The van der Waals surface area contributed by atoms with Crippen LogP contribution in [0.5, 0.6) is 0 Å². The molecule has 2 aromatic rings. The lowest BCUT2D eigenvalue weighted by Crippen LogP contribution is -2.61. The second-order valence-corrected chi connectivity index (χ2v) is 7.37. The Balaban J connectivity index is 2.59. The third-order valence-electron chi connectivity index (χ3n) is 3.27.